The lowest BCUT2D eigenvalue weighted by Crippen LogP contribution is -2.43. The normalized spacial score (nSPS) is 10.6. The van der Waals surface area contributed by atoms with E-state index >= 15 is 0 Å². The molecule has 0 fully saturated rings. The van der Waals surface area contributed by atoms with Crippen LogP contribution in [-0.2, 0) is 0 Å². The maximum absolute atomic E-state index is 8.59. The quantitative estimate of drug-likeness (QED) is 0.631. The van der Waals surface area contributed by atoms with E-state index in [2.05, 4.69) is 76.7 Å². The van der Waals surface area contributed by atoms with Crippen molar-refractivity contribution in [2.75, 3.05) is 6.61 Å². The Hall–Kier alpha value is -1.92. The zero-order valence-electron chi connectivity index (χ0n) is 15.7. The number of hydrogen-bond donors (Lipinski definition) is 1. The first-order valence-electron chi connectivity index (χ1n) is 8.57. The van der Waals surface area contributed by atoms with Gasteiger partial charge < -0.3 is 5.11 Å². The zero-order chi connectivity index (χ0) is 18.2. The van der Waals surface area contributed by atoms with Crippen LogP contribution in [0.2, 0.25) is 16.6 Å². The summed E-state index contributed by atoms with van der Waals surface area (Å²) in [5, 5.41) is 8.59. The molecule has 0 aliphatic rings. The van der Waals surface area contributed by atoms with E-state index in [-0.39, 0.29) is 6.61 Å². The third-order valence-electron chi connectivity index (χ3n) is 4.61. The molecule has 0 bridgehead atoms. The number of aliphatic hydroxyl groups is 1. The average molecular weight is 337 g/mol. The molecule has 1 aromatic rings. The molecule has 1 N–H and O–H groups in total. The molecule has 0 atom stereocenters. The summed E-state index contributed by atoms with van der Waals surface area (Å²) >= 11 is 0. The molecule has 2 heteroatoms. The molecule has 0 saturated heterocycles. The summed E-state index contributed by atoms with van der Waals surface area (Å²) in [6.45, 7) is 13.8. The maximum atomic E-state index is 8.59. The Bertz CT molecular complexity index is 685. The largest absolute Gasteiger partial charge is 0.384 e. The first kappa shape index (κ1) is 20.1. The molecule has 1 rings (SSSR count). The molecule has 0 aromatic heterocycles. The number of benzene rings is 1. The van der Waals surface area contributed by atoms with Crippen molar-refractivity contribution >= 4 is 8.07 Å². The van der Waals surface area contributed by atoms with E-state index in [0.29, 0.717) is 16.6 Å². The second-order valence-electron chi connectivity index (χ2n) is 6.93. The van der Waals surface area contributed by atoms with Crippen molar-refractivity contribution in [1.82, 2.24) is 0 Å². The third kappa shape index (κ3) is 5.04. The monoisotopic (exact) mass is 336 g/mol. The van der Waals surface area contributed by atoms with Crippen LogP contribution in [0, 0.1) is 35.1 Å². The summed E-state index contributed by atoms with van der Waals surface area (Å²) < 4.78 is 0. The van der Waals surface area contributed by atoms with Crippen LogP contribution in [-0.4, -0.2) is 19.8 Å². The Kier molecular flexibility index (Phi) is 7.87. The van der Waals surface area contributed by atoms with Crippen molar-refractivity contribution in [2.45, 2.75) is 58.2 Å². The van der Waals surface area contributed by atoms with Gasteiger partial charge >= 0.3 is 0 Å². The highest BCUT2D eigenvalue weighted by Crippen LogP contribution is 2.40. The van der Waals surface area contributed by atoms with Crippen molar-refractivity contribution in [3.8, 4) is 35.1 Å². The number of aliphatic hydroxyl groups excluding tert-OH is 1. The fraction of sp³-hybridized carbons (Fsp3) is 0.455. The van der Waals surface area contributed by atoms with Gasteiger partial charge in [0.1, 0.15) is 14.7 Å². The van der Waals surface area contributed by atoms with Crippen molar-refractivity contribution in [2.24, 2.45) is 0 Å². The molecule has 0 saturated carbocycles. The summed E-state index contributed by atoms with van der Waals surface area (Å²) in [7, 11) is -1.69. The summed E-state index contributed by atoms with van der Waals surface area (Å²) in [4.78, 5) is 0. The molecular weight excluding hydrogens is 308 g/mol. The summed E-state index contributed by atoms with van der Waals surface area (Å²) in [6, 6.07) is 8.00. The Balaban J connectivity index is 3.08. The lowest BCUT2D eigenvalue weighted by molar-refractivity contribution is 0.350. The molecule has 0 spiro atoms. The predicted molar refractivity (Wildman–Crippen MR) is 106 cm³/mol. The average Bonchev–Trinajstić information content (AvgIpc) is 2.52. The van der Waals surface area contributed by atoms with E-state index in [0.717, 1.165) is 11.1 Å². The Morgan fingerprint density at radius 1 is 0.792 bits per heavy atom. The maximum Gasteiger partial charge on any atom is 0.146 e. The van der Waals surface area contributed by atoms with Crippen molar-refractivity contribution in [1.29, 1.82) is 0 Å². The van der Waals surface area contributed by atoms with Crippen LogP contribution >= 0.6 is 0 Å². The minimum Gasteiger partial charge on any atom is -0.384 e. The molecule has 1 nitrogen and oxygen atoms in total. The molecule has 0 radical (unpaired) electrons. The van der Waals surface area contributed by atoms with E-state index < -0.39 is 8.07 Å². The lowest BCUT2D eigenvalue weighted by atomic mass is 10.1. The topological polar surface area (TPSA) is 20.2 Å². The third-order valence-corrected chi connectivity index (χ3v) is 10.9. The van der Waals surface area contributed by atoms with Gasteiger partial charge in [-0.15, -0.1) is 5.54 Å². The van der Waals surface area contributed by atoms with Gasteiger partial charge in [0.25, 0.3) is 0 Å². The fourth-order valence-electron chi connectivity index (χ4n) is 3.44. The molecular formula is C22H28OSi. The molecule has 0 heterocycles. The fourth-order valence-corrected chi connectivity index (χ4v) is 8.66. The van der Waals surface area contributed by atoms with Crippen LogP contribution < -0.4 is 0 Å². The summed E-state index contributed by atoms with van der Waals surface area (Å²) in [6.07, 6.45) is 0. The van der Waals surface area contributed by atoms with Crippen molar-refractivity contribution < 1.29 is 5.11 Å². The van der Waals surface area contributed by atoms with Gasteiger partial charge in [0.2, 0.25) is 0 Å². The van der Waals surface area contributed by atoms with Crippen LogP contribution in [0.25, 0.3) is 0 Å². The highest BCUT2D eigenvalue weighted by atomic mass is 28.3. The van der Waals surface area contributed by atoms with Gasteiger partial charge in [0, 0.05) is 11.1 Å². The minimum atomic E-state index is -1.69. The van der Waals surface area contributed by atoms with Gasteiger partial charge in [-0.3, -0.25) is 0 Å². The Morgan fingerprint density at radius 3 is 1.67 bits per heavy atom. The predicted octanol–water partition coefficient (Wildman–Crippen LogP) is 4.60. The standard InChI is InChI=1S/C22H28OSi/c1-18(2)24(19(3)4,20(5)6)17-15-22-13-11-21(12-14-22)10-8-7-9-16-23/h11-14,18-20,23H,16H2,1-6H3. The van der Waals surface area contributed by atoms with Gasteiger partial charge in [-0.1, -0.05) is 59.3 Å². The van der Waals surface area contributed by atoms with E-state index in [9.17, 15) is 0 Å². The summed E-state index contributed by atoms with van der Waals surface area (Å²) in [5.74, 6) is 14.2. The first-order chi connectivity index (χ1) is 11.3. The molecule has 0 aliphatic heterocycles. The second-order valence-corrected chi connectivity index (χ2v) is 12.5. The summed E-state index contributed by atoms with van der Waals surface area (Å²) in [5.41, 5.74) is 7.60. The van der Waals surface area contributed by atoms with Gasteiger partial charge in [-0.2, -0.15) is 0 Å². The smallest absolute Gasteiger partial charge is 0.146 e. The van der Waals surface area contributed by atoms with Gasteiger partial charge in [-0.25, -0.2) is 0 Å². The van der Waals surface area contributed by atoms with Crippen LogP contribution in [0.4, 0.5) is 0 Å². The van der Waals surface area contributed by atoms with Crippen molar-refractivity contribution in [3.05, 3.63) is 35.4 Å². The van der Waals surface area contributed by atoms with E-state index in [1.54, 1.807) is 0 Å². The molecule has 1 aromatic carbocycles. The van der Waals surface area contributed by atoms with E-state index in [1.165, 1.54) is 0 Å². The molecule has 0 aliphatic carbocycles. The molecule has 24 heavy (non-hydrogen) atoms. The second kappa shape index (κ2) is 9.39. The van der Waals surface area contributed by atoms with E-state index in [1.807, 2.05) is 24.3 Å². The van der Waals surface area contributed by atoms with Gasteiger partial charge in [0.15, 0.2) is 0 Å². The Morgan fingerprint density at radius 2 is 1.25 bits per heavy atom. The minimum absolute atomic E-state index is 0.156. The lowest BCUT2D eigenvalue weighted by Gasteiger charge is -2.38. The van der Waals surface area contributed by atoms with Crippen LogP contribution in [0.1, 0.15) is 52.7 Å². The number of rotatable bonds is 3. The first-order valence-corrected chi connectivity index (χ1v) is 10.8. The molecule has 0 amide bonds. The van der Waals surface area contributed by atoms with Crippen LogP contribution in [0.3, 0.4) is 0 Å². The SMILES string of the molecule is CC(C)[Si](C#Cc1ccc(C#CC#CCO)cc1)(C(C)C)C(C)C. The Labute approximate surface area is 148 Å². The highest BCUT2D eigenvalue weighted by molar-refractivity contribution is 6.90. The van der Waals surface area contributed by atoms with E-state index in [4.69, 9.17) is 5.11 Å². The van der Waals surface area contributed by atoms with Crippen molar-refractivity contribution in [3.63, 3.8) is 0 Å². The highest BCUT2D eigenvalue weighted by Gasteiger charge is 2.41. The molecule has 126 valence electrons. The van der Waals surface area contributed by atoms with Crippen LogP contribution in [0.5, 0.6) is 0 Å². The van der Waals surface area contributed by atoms with Gasteiger partial charge in [-0.05, 0) is 52.7 Å². The zero-order valence-corrected chi connectivity index (χ0v) is 16.7. The van der Waals surface area contributed by atoms with Crippen LogP contribution in [0.15, 0.2) is 24.3 Å². The number of hydrogen-bond acceptors (Lipinski definition) is 1. The van der Waals surface area contributed by atoms with Gasteiger partial charge in [0.05, 0.1) is 0 Å². The molecule has 0 unspecified atom stereocenters.